The SMILES string of the molecule is Cc1ccc(-c2nn(-c3ccccn3)cc2N)s1. The second-order valence-corrected chi connectivity index (χ2v) is 5.26. The van der Waals surface area contributed by atoms with E-state index < -0.39 is 0 Å². The van der Waals surface area contributed by atoms with E-state index in [0.29, 0.717) is 5.69 Å². The van der Waals surface area contributed by atoms with Crippen LogP contribution in [-0.2, 0) is 0 Å². The maximum atomic E-state index is 6.02. The zero-order chi connectivity index (χ0) is 12.5. The Morgan fingerprint density at radius 2 is 2.11 bits per heavy atom. The number of thiophene rings is 1. The third kappa shape index (κ3) is 1.89. The Labute approximate surface area is 109 Å². The molecule has 0 bridgehead atoms. The van der Waals surface area contributed by atoms with Crippen molar-refractivity contribution >= 4 is 17.0 Å². The molecule has 0 aromatic carbocycles. The van der Waals surface area contributed by atoms with E-state index in [1.165, 1.54) is 4.88 Å². The van der Waals surface area contributed by atoms with Gasteiger partial charge in [-0.05, 0) is 31.2 Å². The zero-order valence-electron chi connectivity index (χ0n) is 9.87. The largest absolute Gasteiger partial charge is 0.396 e. The van der Waals surface area contributed by atoms with Gasteiger partial charge in [0, 0.05) is 11.1 Å². The summed E-state index contributed by atoms with van der Waals surface area (Å²) < 4.78 is 1.71. The Morgan fingerprint density at radius 3 is 2.78 bits per heavy atom. The minimum atomic E-state index is 0.669. The molecule has 3 rings (SSSR count). The van der Waals surface area contributed by atoms with Crippen LogP contribution in [0, 0.1) is 6.92 Å². The van der Waals surface area contributed by atoms with Crippen LogP contribution >= 0.6 is 11.3 Å². The third-order valence-electron chi connectivity index (χ3n) is 2.60. The van der Waals surface area contributed by atoms with Crippen molar-refractivity contribution < 1.29 is 0 Å². The molecule has 0 saturated heterocycles. The first-order chi connectivity index (χ1) is 8.74. The Kier molecular flexibility index (Phi) is 2.60. The van der Waals surface area contributed by atoms with Gasteiger partial charge in [0.1, 0.15) is 5.69 Å². The van der Waals surface area contributed by atoms with E-state index in [0.717, 1.165) is 16.4 Å². The number of nitrogens with zero attached hydrogens (tertiary/aromatic N) is 3. The number of anilines is 1. The predicted octanol–water partition coefficient (Wildman–Crippen LogP) is 2.89. The number of aromatic nitrogens is 3. The molecule has 0 radical (unpaired) electrons. The molecule has 3 aromatic heterocycles. The Bertz CT molecular complexity index is 669. The normalized spacial score (nSPS) is 10.7. The minimum Gasteiger partial charge on any atom is -0.396 e. The van der Waals surface area contributed by atoms with Gasteiger partial charge in [-0.2, -0.15) is 5.10 Å². The molecular formula is C13H12N4S. The molecule has 4 nitrogen and oxygen atoms in total. The van der Waals surface area contributed by atoms with Crippen molar-refractivity contribution in [3.8, 4) is 16.4 Å². The van der Waals surface area contributed by atoms with Gasteiger partial charge in [-0.15, -0.1) is 11.3 Å². The van der Waals surface area contributed by atoms with Crippen LogP contribution in [-0.4, -0.2) is 14.8 Å². The summed E-state index contributed by atoms with van der Waals surface area (Å²) in [5.41, 5.74) is 7.50. The molecular weight excluding hydrogens is 244 g/mol. The average Bonchev–Trinajstić information content (AvgIpc) is 2.97. The molecule has 0 aliphatic heterocycles. The van der Waals surface area contributed by atoms with Crippen molar-refractivity contribution in [2.24, 2.45) is 0 Å². The molecule has 3 aromatic rings. The first-order valence-electron chi connectivity index (χ1n) is 5.57. The number of hydrogen-bond donors (Lipinski definition) is 1. The maximum absolute atomic E-state index is 6.02. The lowest BCUT2D eigenvalue weighted by Gasteiger charge is -1.97. The van der Waals surface area contributed by atoms with Crippen LogP contribution in [0.2, 0.25) is 0 Å². The summed E-state index contributed by atoms with van der Waals surface area (Å²) in [5.74, 6) is 0.767. The highest BCUT2D eigenvalue weighted by Crippen LogP contribution is 2.30. The van der Waals surface area contributed by atoms with Gasteiger partial charge < -0.3 is 5.73 Å². The molecule has 0 unspecified atom stereocenters. The molecule has 0 saturated carbocycles. The smallest absolute Gasteiger partial charge is 0.153 e. The molecule has 0 spiro atoms. The molecule has 18 heavy (non-hydrogen) atoms. The van der Waals surface area contributed by atoms with Gasteiger partial charge in [0.25, 0.3) is 0 Å². The summed E-state index contributed by atoms with van der Waals surface area (Å²) in [7, 11) is 0. The molecule has 0 atom stereocenters. The van der Waals surface area contributed by atoms with Crippen molar-refractivity contribution in [3.63, 3.8) is 0 Å². The summed E-state index contributed by atoms with van der Waals surface area (Å²) in [6.45, 7) is 2.07. The molecule has 5 heteroatoms. The van der Waals surface area contributed by atoms with Crippen molar-refractivity contribution in [3.05, 3.63) is 47.6 Å². The summed E-state index contributed by atoms with van der Waals surface area (Å²) in [4.78, 5) is 6.58. The molecule has 0 aliphatic carbocycles. The number of pyridine rings is 1. The van der Waals surface area contributed by atoms with Crippen LogP contribution in [0.4, 0.5) is 5.69 Å². The van der Waals surface area contributed by atoms with Crippen LogP contribution in [0.5, 0.6) is 0 Å². The van der Waals surface area contributed by atoms with E-state index in [9.17, 15) is 0 Å². The molecule has 3 heterocycles. The highest BCUT2D eigenvalue weighted by molar-refractivity contribution is 7.15. The molecule has 0 aliphatic rings. The van der Waals surface area contributed by atoms with Crippen molar-refractivity contribution in [1.29, 1.82) is 0 Å². The van der Waals surface area contributed by atoms with Crippen LogP contribution < -0.4 is 5.73 Å². The Balaban J connectivity index is 2.06. The second kappa shape index (κ2) is 4.27. The molecule has 0 fully saturated rings. The zero-order valence-corrected chi connectivity index (χ0v) is 10.7. The van der Waals surface area contributed by atoms with E-state index in [2.05, 4.69) is 23.1 Å². The Hall–Kier alpha value is -2.14. The highest BCUT2D eigenvalue weighted by Gasteiger charge is 2.11. The van der Waals surface area contributed by atoms with Gasteiger partial charge in [-0.3, -0.25) is 0 Å². The van der Waals surface area contributed by atoms with Crippen molar-refractivity contribution in [1.82, 2.24) is 14.8 Å². The number of nitrogen functional groups attached to an aromatic ring is 1. The fourth-order valence-corrected chi connectivity index (χ4v) is 2.62. The Morgan fingerprint density at radius 1 is 1.22 bits per heavy atom. The van der Waals surface area contributed by atoms with Gasteiger partial charge in [-0.25, -0.2) is 9.67 Å². The lowest BCUT2D eigenvalue weighted by atomic mass is 10.3. The van der Waals surface area contributed by atoms with E-state index in [-0.39, 0.29) is 0 Å². The summed E-state index contributed by atoms with van der Waals surface area (Å²) in [6.07, 6.45) is 3.54. The van der Waals surface area contributed by atoms with Crippen LogP contribution in [0.25, 0.3) is 16.4 Å². The number of hydrogen-bond acceptors (Lipinski definition) is 4. The fraction of sp³-hybridized carbons (Fsp3) is 0.0769. The van der Waals surface area contributed by atoms with Crippen LogP contribution in [0.3, 0.4) is 0 Å². The quantitative estimate of drug-likeness (QED) is 0.767. The lowest BCUT2D eigenvalue weighted by Crippen LogP contribution is -1.96. The third-order valence-corrected chi connectivity index (χ3v) is 3.61. The standard InChI is InChI=1S/C13H12N4S/c1-9-5-6-11(18-9)13-10(14)8-17(16-13)12-4-2-3-7-15-12/h2-8H,14H2,1H3. The molecule has 0 amide bonds. The lowest BCUT2D eigenvalue weighted by molar-refractivity contribution is 0.851. The first kappa shape index (κ1) is 11.0. The topological polar surface area (TPSA) is 56.7 Å². The van der Waals surface area contributed by atoms with Crippen LogP contribution in [0.1, 0.15) is 4.88 Å². The van der Waals surface area contributed by atoms with Crippen LogP contribution in [0.15, 0.2) is 42.7 Å². The number of rotatable bonds is 2. The van der Waals surface area contributed by atoms with Gasteiger partial charge in [0.15, 0.2) is 5.82 Å². The van der Waals surface area contributed by atoms with Gasteiger partial charge in [0.2, 0.25) is 0 Å². The average molecular weight is 256 g/mol. The molecule has 90 valence electrons. The summed E-state index contributed by atoms with van der Waals surface area (Å²) in [5, 5.41) is 4.50. The summed E-state index contributed by atoms with van der Waals surface area (Å²) >= 11 is 1.69. The highest BCUT2D eigenvalue weighted by atomic mass is 32.1. The predicted molar refractivity (Wildman–Crippen MR) is 73.8 cm³/mol. The monoisotopic (exact) mass is 256 g/mol. The van der Waals surface area contributed by atoms with E-state index in [1.54, 1.807) is 28.4 Å². The summed E-state index contributed by atoms with van der Waals surface area (Å²) in [6, 6.07) is 9.81. The van der Waals surface area contributed by atoms with Gasteiger partial charge in [0.05, 0.1) is 16.8 Å². The maximum Gasteiger partial charge on any atom is 0.153 e. The van der Waals surface area contributed by atoms with E-state index >= 15 is 0 Å². The fourth-order valence-electron chi connectivity index (χ4n) is 1.75. The first-order valence-corrected chi connectivity index (χ1v) is 6.39. The van der Waals surface area contributed by atoms with E-state index in [1.807, 2.05) is 24.3 Å². The van der Waals surface area contributed by atoms with Crippen molar-refractivity contribution in [2.75, 3.05) is 5.73 Å². The molecule has 2 N–H and O–H groups in total. The minimum absolute atomic E-state index is 0.669. The van der Waals surface area contributed by atoms with Crippen molar-refractivity contribution in [2.45, 2.75) is 6.92 Å². The number of nitrogens with two attached hydrogens (primary N) is 1. The van der Waals surface area contributed by atoms with E-state index in [4.69, 9.17) is 5.73 Å². The van der Waals surface area contributed by atoms with Gasteiger partial charge >= 0.3 is 0 Å². The van der Waals surface area contributed by atoms with Gasteiger partial charge in [-0.1, -0.05) is 6.07 Å². The number of aryl methyl sites for hydroxylation is 1. The second-order valence-electron chi connectivity index (χ2n) is 3.98.